The predicted molar refractivity (Wildman–Crippen MR) is 131 cm³/mol. The number of likely N-dealkylation sites (tertiary alicyclic amines) is 1. The molecule has 2 heterocycles. The second kappa shape index (κ2) is 12.9. The number of nitrogens with zero attached hydrogens (tertiary/aromatic N) is 2. The number of nitrogens with two attached hydrogens (primary N) is 1. The fraction of sp³-hybridized carbons (Fsp3) is 0.478. The molecule has 11 heteroatoms. The van der Waals surface area contributed by atoms with Gasteiger partial charge in [-0.2, -0.15) is 4.37 Å². The Labute approximate surface area is 203 Å². The number of ether oxygens (including phenoxy) is 1. The number of nitrogens with one attached hydrogen (secondary N) is 3. The lowest BCUT2D eigenvalue weighted by molar-refractivity contribution is 0.0954. The van der Waals surface area contributed by atoms with Crippen molar-refractivity contribution in [1.29, 1.82) is 0 Å². The van der Waals surface area contributed by atoms with E-state index in [0.29, 0.717) is 18.7 Å². The molecule has 10 nitrogen and oxygen atoms in total. The molecule has 0 bridgehead atoms. The number of hydrogen-bond donors (Lipinski definition) is 4. The molecule has 5 N–H and O–H groups in total. The van der Waals surface area contributed by atoms with E-state index < -0.39 is 11.9 Å². The van der Waals surface area contributed by atoms with Gasteiger partial charge in [-0.25, -0.2) is 4.79 Å². The largest absolute Gasteiger partial charge is 0.472 e. The SMILES string of the molecule is CCNC(=O)c1cccc(COc2nsc(NC(=O)NCCCCN3CCCC3)c2C(N)=O)c1. The molecule has 0 radical (unpaired) electrons. The van der Waals surface area contributed by atoms with Gasteiger partial charge in [0.1, 0.15) is 17.2 Å². The summed E-state index contributed by atoms with van der Waals surface area (Å²) >= 11 is 0.925. The van der Waals surface area contributed by atoms with Gasteiger partial charge in [0, 0.05) is 18.7 Å². The van der Waals surface area contributed by atoms with Gasteiger partial charge in [-0.3, -0.25) is 14.9 Å². The first kappa shape index (κ1) is 25.4. The molecule has 1 aliphatic rings. The van der Waals surface area contributed by atoms with Gasteiger partial charge in [0.2, 0.25) is 5.88 Å². The number of primary amides is 1. The number of urea groups is 1. The molecule has 0 unspecified atom stereocenters. The molecule has 34 heavy (non-hydrogen) atoms. The summed E-state index contributed by atoms with van der Waals surface area (Å²) in [6.07, 6.45) is 4.43. The maximum atomic E-state index is 12.3. The number of aromatic nitrogens is 1. The minimum Gasteiger partial charge on any atom is -0.472 e. The third-order valence-corrected chi connectivity index (χ3v) is 6.17. The van der Waals surface area contributed by atoms with Crippen LogP contribution in [0.25, 0.3) is 0 Å². The molecule has 1 aromatic carbocycles. The average Bonchev–Trinajstić information content (AvgIpc) is 3.48. The number of benzene rings is 1. The Kier molecular flexibility index (Phi) is 9.65. The summed E-state index contributed by atoms with van der Waals surface area (Å²) in [5, 5.41) is 8.41. The quantitative estimate of drug-likeness (QED) is 0.339. The van der Waals surface area contributed by atoms with E-state index in [-0.39, 0.29) is 29.0 Å². The zero-order valence-corrected chi connectivity index (χ0v) is 20.2. The van der Waals surface area contributed by atoms with E-state index in [0.717, 1.165) is 36.5 Å². The Hall–Kier alpha value is -3.18. The molecule has 2 aromatic rings. The number of anilines is 1. The minimum absolute atomic E-state index is 0.0223. The summed E-state index contributed by atoms with van der Waals surface area (Å²) < 4.78 is 9.83. The first-order chi connectivity index (χ1) is 16.5. The van der Waals surface area contributed by atoms with Crippen molar-refractivity contribution in [3.63, 3.8) is 0 Å². The third-order valence-electron chi connectivity index (χ3n) is 5.42. The first-order valence-electron chi connectivity index (χ1n) is 11.5. The molecule has 184 valence electrons. The van der Waals surface area contributed by atoms with Crippen LogP contribution in [-0.2, 0) is 6.61 Å². The van der Waals surface area contributed by atoms with Gasteiger partial charge in [-0.15, -0.1) is 0 Å². The number of rotatable bonds is 12. The highest BCUT2D eigenvalue weighted by molar-refractivity contribution is 7.11. The Morgan fingerprint density at radius 2 is 1.97 bits per heavy atom. The van der Waals surface area contributed by atoms with Crippen molar-refractivity contribution in [1.82, 2.24) is 19.9 Å². The lowest BCUT2D eigenvalue weighted by Gasteiger charge is -2.14. The number of hydrogen-bond acceptors (Lipinski definition) is 7. The topological polar surface area (TPSA) is 139 Å². The molecular weight excluding hydrogens is 456 g/mol. The number of carbonyl (C=O) groups is 3. The van der Waals surface area contributed by atoms with Crippen LogP contribution in [0.2, 0.25) is 0 Å². The average molecular weight is 489 g/mol. The molecule has 0 aliphatic carbocycles. The lowest BCUT2D eigenvalue weighted by atomic mass is 10.1. The van der Waals surface area contributed by atoms with E-state index >= 15 is 0 Å². The monoisotopic (exact) mass is 488 g/mol. The van der Waals surface area contributed by atoms with Crippen LogP contribution in [0.3, 0.4) is 0 Å². The molecular formula is C23H32N6O4S. The van der Waals surface area contributed by atoms with Crippen LogP contribution in [-0.4, -0.2) is 59.8 Å². The van der Waals surface area contributed by atoms with E-state index in [2.05, 4.69) is 25.2 Å². The van der Waals surface area contributed by atoms with Gasteiger partial charge < -0.3 is 26.0 Å². The van der Waals surface area contributed by atoms with Crippen LogP contribution in [0.5, 0.6) is 5.88 Å². The van der Waals surface area contributed by atoms with Crippen LogP contribution < -0.4 is 26.4 Å². The second-order valence-corrected chi connectivity index (χ2v) is 8.81. The normalized spacial score (nSPS) is 13.4. The van der Waals surface area contributed by atoms with Gasteiger partial charge >= 0.3 is 6.03 Å². The second-order valence-electron chi connectivity index (χ2n) is 8.04. The van der Waals surface area contributed by atoms with Crippen molar-refractivity contribution in [3.8, 4) is 5.88 Å². The minimum atomic E-state index is -0.749. The smallest absolute Gasteiger partial charge is 0.319 e. The highest BCUT2D eigenvalue weighted by Crippen LogP contribution is 2.30. The highest BCUT2D eigenvalue weighted by atomic mass is 32.1. The Morgan fingerprint density at radius 1 is 1.18 bits per heavy atom. The molecule has 1 aliphatic heterocycles. The Balaban J connectivity index is 1.50. The van der Waals surface area contributed by atoms with Crippen molar-refractivity contribution < 1.29 is 19.1 Å². The van der Waals surface area contributed by atoms with Gasteiger partial charge in [-0.05, 0) is 81.5 Å². The van der Waals surface area contributed by atoms with Gasteiger partial charge in [0.25, 0.3) is 11.8 Å². The van der Waals surface area contributed by atoms with Gasteiger partial charge in [-0.1, -0.05) is 12.1 Å². The fourth-order valence-electron chi connectivity index (χ4n) is 3.71. The van der Waals surface area contributed by atoms with E-state index in [9.17, 15) is 14.4 Å². The molecule has 3 rings (SSSR count). The first-order valence-corrected chi connectivity index (χ1v) is 12.3. The van der Waals surface area contributed by atoms with Crippen LogP contribution in [0.4, 0.5) is 9.80 Å². The summed E-state index contributed by atoms with van der Waals surface area (Å²) in [6.45, 7) is 6.38. The van der Waals surface area contributed by atoms with Crippen molar-refractivity contribution in [2.24, 2.45) is 5.73 Å². The van der Waals surface area contributed by atoms with Crippen molar-refractivity contribution in [2.45, 2.75) is 39.2 Å². The number of unbranched alkanes of at least 4 members (excludes halogenated alkanes) is 1. The van der Waals surface area contributed by atoms with E-state index in [1.807, 2.05) is 6.92 Å². The maximum absolute atomic E-state index is 12.3. The molecule has 1 saturated heterocycles. The molecule has 0 atom stereocenters. The Bertz CT molecular complexity index is 990. The van der Waals surface area contributed by atoms with Crippen molar-refractivity contribution in [2.75, 3.05) is 38.0 Å². The fourth-order valence-corrected chi connectivity index (χ4v) is 4.44. The maximum Gasteiger partial charge on any atom is 0.319 e. The highest BCUT2D eigenvalue weighted by Gasteiger charge is 2.22. The third kappa shape index (κ3) is 7.42. The zero-order chi connectivity index (χ0) is 24.3. The van der Waals surface area contributed by atoms with E-state index in [4.69, 9.17) is 10.5 Å². The summed E-state index contributed by atoms with van der Waals surface area (Å²) in [4.78, 5) is 38.7. The summed E-state index contributed by atoms with van der Waals surface area (Å²) in [6, 6.07) is 6.54. The van der Waals surface area contributed by atoms with Crippen molar-refractivity contribution in [3.05, 3.63) is 41.0 Å². The summed E-state index contributed by atoms with van der Waals surface area (Å²) in [5.74, 6) is -0.882. The number of amides is 4. The summed E-state index contributed by atoms with van der Waals surface area (Å²) in [5.41, 5.74) is 6.78. The number of carbonyl (C=O) groups excluding carboxylic acids is 3. The standard InChI is InChI=1S/C23H32N6O4S/c1-2-25-20(31)17-9-7-8-16(14-17)15-33-21-18(19(24)30)22(34-28-21)27-23(32)26-10-3-4-11-29-12-5-6-13-29/h7-9,14H,2-6,10-13,15H2,1H3,(H2,24,30)(H,25,31)(H2,26,27,32). The molecule has 1 aromatic heterocycles. The van der Waals surface area contributed by atoms with E-state index in [1.165, 1.54) is 25.9 Å². The Morgan fingerprint density at radius 3 is 2.71 bits per heavy atom. The molecule has 0 saturated carbocycles. The van der Waals surface area contributed by atoms with E-state index in [1.54, 1.807) is 24.3 Å². The molecule has 0 spiro atoms. The van der Waals surface area contributed by atoms with Crippen molar-refractivity contribution >= 4 is 34.4 Å². The van der Waals surface area contributed by atoms with Crippen LogP contribution in [0.15, 0.2) is 24.3 Å². The van der Waals surface area contributed by atoms with Crippen LogP contribution in [0, 0.1) is 0 Å². The lowest BCUT2D eigenvalue weighted by Crippen LogP contribution is -2.30. The van der Waals surface area contributed by atoms with Crippen LogP contribution >= 0.6 is 11.5 Å². The summed E-state index contributed by atoms with van der Waals surface area (Å²) in [7, 11) is 0. The van der Waals surface area contributed by atoms with Gasteiger partial charge in [0.15, 0.2) is 0 Å². The molecule has 1 fully saturated rings. The van der Waals surface area contributed by atoms with Gasteiger partial charge in [0.05, 0.1) is 0 Å². The predicted octanol–water partition coefficient (Wildman–Crippen LogP) is 2.57. The van der Waals surface area contributed by atoms with Crippen LogP contribution in [0.1, 0.15) is 58.9 Å². The zero-order valence-electron chi connectivity index (χ0n) is 19.4. The molecule has 4 amide bonds.